The summed E-state index contributed by atoms with van der Waals surface area (Å²) in [6.07, 6.45) is 4.64. The van der Waals surface area contributed by atoms with Crippen molar-refractivity contribution < 1.29 is 14.7 Å². The van der Waals surface area contributed by atoms with E-state index in [-0.39, 0.29) is 17.7 Å². The molecule has 0 bridgehead atoms. The minimum Gasteiger partial charge on any atom is -0.481 e. The average molecular weight is 256 g/mol. The molecule has 1 amide bonds. The van der Waals surface area contributed by atoms with E-state index in [2.05, 4.69) is 5.32 Å². The molecule has 1 aliphatic carbocycles. The number of carboxylic acid groups (broad SMARTS) is 1. The van der Waals surface area contributed by atoms with E-state index in [0.717, 1.165) is 25.7 Å². The Balaban J connectivity index is 2.33. The highest BCUT2D eigenvalue weighted by atomic mass is 16.4. The normalized spacial score (nSPS) is 25.4. The molecule has 104 valence electrons. The largest absolute Gasteiger partial charge is 0.481 e. The minimum absolute atomic E-state index is 0.0175. The molecule has 1 fully saturated rings. The van der Waals surface area contributed by atoms with Gasteiger partial charge in [-0.1, -0.05) is 19.8 Å². The summed E-state index contributed by atoms with van der Waals surface area (Å²) < 4.78 is 0. The number of rotatable bonds is 6. The van der Waals surface area contributed by atoms with Gasteiger partial charge in [0.05, 0.1) is 5.92 Å². The fraction of sp³-hybridized carbons (Fsp3) is 0.846. The second kappa shape index (κ2) is 7.36. The highest BCUT2D eigenvalue weighted by Gasteiger charge is 2.29. The molecule has 0 spiro atoms. The van der Waals surface area contributed by atoms with Gasteiger partial charge in [-0.3, -0.25) is 9.59 Å². The van der Waals surface area contributed by atoms with Crippen LogP contribution in [0.15, 0.2) is 0 Å². The first kappa shape index (κ1) is 15.0. The van der Waals surface area contributed by atoms with Gasteiger partial charge in [0, 0.05) is 12.5 Å². The lowest BCUT2D eigenvalue weighted by atomic mass is 9.79. The molecule has 3 atom stereocenters. The lowest BCUT2D eigenvalue weighted by Crippen LogP contribution is -2.40. The van der Waals surface area contributed by atoms with E-state index in [1.807, 2.05) is 0 Å². The molecule has 18 heavy (non-hydrogen) atoms. The topological polar surface area (TPSA) is 92.4 Å². The molecule has 3 unspecified atom stereocenters. The molecule has 0 aromatic heterocycles. The van der Waals surface area contributed by atoms with Crippen molar-refractivity contribution in [3.8, 4) is 0 Å². The highest BCUT2D eigenvalue weighted by molar-refractivity contribution is 5.79. The van der Waals surface area contributed by atoms with Crippen molar-refractivity contribution in [3.05, 3.63) is 0 Å². The lowest BCUT2D eigenvalue weighted by molar-refractivity contribution is -0.141. The van der Waals surface area contributed by atoms with Gasteiger partial charge in [-0.15, -0.1) is 0 Å². The third kappa shape index (κ3) is 4.29. The van der Waals surface area contributed by atoms with Gasteiger partial charge in [-0.2, -0.15) is 0 Å². The summed E-state index contributed by atoms with van der Waals surface area (Å²) in [4.78, 5) is 22.7. The van der Waals surface area contributed by atoms with Crippen molar-refractivity contribution in [3.63, 3.8) is 0 Å². The van der Waals surface area contributed by atoms with E-state index >= 15 is 0 Å². The highest BCUT2D eigenvalue weighted by Crippen LogP contribution is 2.29. The predicted octanol–water partition coefficient (Wildman–Crippen LogP) is 0.979. The average Bonchev–Trinajstić information content (AvgIpc) is 2.38. The van der Waals surface area contributed by atoms with Gasteiger partial charge in [0.1, 0.15) is 0 Å². The zero-order valence-corrected chi connectivity index (χ0v) is 11.0. The van der Waals surface area contributed by atoms with Gasteiger partial charge in [-0.25, -0.2) is 0 Å². The second-order valence-electron chi connectivity index (χ2n) is 5.21. The van der Waals surface area contributed by atoms with Crippen LogP contribution in [0.1, 0.15) is 39.0 Å². The molecule has 1 rings (SSSR count). The zero-order chi connectivity index (χ0) is 13.5. The Morgan fingerprint density at radius 3 is 2.67 bits per heavy atom. The third-order valence-corrected chi connectivity index (χ3v) is 3.85. The van der Waals surface area contributed by atoms with Gasteiger partial charge < -0.3 is 16.2 Å². The van der Waals surface area contributed by atoms with Crippen LogP contribution in [0.2, 0.25) is 0 Å². The summed E-state index contributed by atoms with van der Waals surface area (Å²) in [7, 11) is 0. The molecule has 1 aliphatic rings. The maximum absolute atomic E-state index is 12.0. The Labute approximate surface area is 108 Å². The van der Waals surface area contributed by atoms with Crippen molar-refractivity contribution in [2.45, 2.75) is 39.0 Å². The number of nitrogens with two attached hydrogens (primary N) is 1. The van der Waals surface area contributed by atoms with Crippen molar-refractivity contribution in [2.24, 2.45) is 23.5 Å². The van der Waals surface area contributed by atoms with Crippen molar-refractivity contribution in [1.82, 2.24) is 5.32 Å². The smallest absolute Gasteiger partial charge is 0.306 e. The van der Waals surface area contributed by atoms with Gasteiger partial charge in [0.15, 0.2) is 0 Å². The van der Waals surface area contributed by atoms with Crippen LogP contribution in [0.4, 0.5) is 0 Å². The lowest BCUT2D eigenvalue weighted by Gasteiger charge is -2.29. The molecule has 0 saturated heterocycles. The number of amides is 1. The molecule has 0 aromatic carbocycles. The van der Waals surface area contributed by atoms with Crippen LogP contribution >= 0.6 is 0 Å². The molecular weight excluding hydrogens is 232 g/mol. The Morgan fingerprint density at radius 2 is 2.06 bits per heavy atom. The summed E-state index contributed by atoms with van der Waals surface area (Å²) >= 11 is 0. The number of nitrogens with one attached hydrogen (secondary N) is 1. The number of carboxylic acids is 1. The van der Waals surface area contributed by atoms with E-state index in [0.29, 0.717) is 19.5 Å². The summed E-state index contributed by atoms with van der Waals surface area (Å²) in [5, 5.41) is 11.6. The van der Waals surface area contributed by atoms with E-state index in [4.69, 9.17) is 10.8 Å². The standard InChI is InChI=1S/C13H24N2O3/c1-9(13(17)18)6-7-15-12(16)11-5-3-2-4-10(11)8-14/h9-11H,2-8,14H2,1H3,(H,15,16)(H,17,18). The van der Waals surface area contributed by atoms with Gasteiger partial charge in [-0.05, 0) is 31.7 Å². The Bertz CT molecular complexity index is 294. The Morgan fingerprint density at radius 1 is 1.39 bits per heavy atom. The van der Waals surface area contributed by atoms with E-state index in [1.54, 1.807) is 6.92 Å². The van der Waals surface area contributed by atoms with Crippen LogP contribution in [-0.2, 0) is 9.59 Å². The fourth-order valence-electron chi connectivity index (χ4n) is 2.50. The van der Waals surface area contributed by atoms with E-state index in [1.165, 1.54) is 0 Å². The molecule has 0 aromatic rings. The summed E-state index contributed by atoms with van der Waals surface area (Å²) in [6, 6.07) is 0. The molecular formula is C13H24N2O3. The summed E-state index contributed by atoms with van der Waals surface area (Å²) in [5.41, 5.74) is 5.69. The summed E-state index contributed by atoms with van der Waals surface area (Å²) in [6.45, 7) is 2.64. The van der Waals surface area contributed by atoms with Crippen molar-refractivity contribution in [2.75, 3.05) is 13.1 Å². The molecule has 4 N–H and O–H groups in total. The van der Waals surface area contributed by atoms with Crippen molar-refractivity contribution >= 4 is 11.9 Å². The first-order valence-corrected chi connectivity index (χ1v) is 6.76. The second-order valence-corrected chi connectivity index (χ2v) is 5.21. The maximum atomic E-state index is 12.0. The number of hydrogen-bond acceptors (Lipinski definition) is 3. The fourth-order valence-corrected chi connectivity index (χ4v) is 2.50. The summed E-state index contributed by atoms with van der Waals surface area (Å²) in [5.74, 6) is -0.883. The molecule has 0 heterocycles. The number of aliphatic carboxylic acids is 1. The molecule has 5 nitrogen and oxygen atoms in total. The molecule has 1 saturated carbocycles. The molecule has 0 aliphatic heterocycles. The van der Waals surface area contributed by atoms with Crippen molar-refractivity contribution in [1.29, 1.82) is 0 Å². The SMILES string of the molecule is CC(CCNC(=O)C1CCCCC1CN)C(=O)O. The van der Waals surface area contributed by atoms with Gasteiger partial charge in [0.25, 0.3) is 0 Å². The Kier molecular flexibility index (Phi) is 6.12. The maximum Gasteiger partial charge on any atom is 0.306 e. The van der Waals surface area contributed by atoms with Crippen LogP contribution in [0.3, 0.4) is 0 Å². The molecule has 5 heteroatoms. The van der Waals surface area contributed by atoms with Gasteiger partial charge in [0.2, 0.25) is 5.91 Å². The van der Waals surface area contributed by atoms with Crippen LogP contribution in [0.25, 0.3) is 0 Å². The van der Waals surface area contributed by atoms with E-state index in [9.17, 15) is 9.59 Å². The Hall–Kier alpha value is -1.10. The van der Waals surface area contributed by atoms with Crippen LogP contribution < -0.4 is 11.1 Å². The van der Waals surface area contributed by atoms with Crippen LogP contribution in [0.5, 0.6) is 0 Å². The predicted molar refractivity (Wildman–Crippen MR) is 68.9 cm³/mol. The number of hydrogen-bond donors (Lipinski definition) is 3. The molecule has 0 radical (unpaired) electrons. The van der Waals surface area contributed by atoms with Crippen LogP contribution in [-0.4, -0.2) is 30.1 Å². The van der Waals surface area contributed by atoms with E-state index < -0.39 is 11.9 Å². The quantitative estimate of drug-likeness (QED) is 0.660. The first-order valence-electron chi connectivity index (χ1n) is 6.76. The number of carbonyl (C=O) groups is 2. The minimum atomic E-state index is -0.818. The third-order valence-electron chi connectivity index (χ3n) is 3.85. The zero-order valence-electron chi connectivity index (χ0n) is 11.0. The first-order chi connectivity index (χ1) is 8.56. The van der Waals surface area contributed by atoms with Crippen LogP contribution in [0, 0.1) is 17.8 Å². The number of carbonyl (C=O) groups excluding carboxylic acids is 1. The monoisotopic (exact) mass is 256 g/mol. The van der Waals surface area contributed by atoms with Gasteiger partial charge >= 0.3 is 5.97 Å².